The normalized spacial score (nSPS) is 19.8. The monoisotopic (exact) mass is 262 g/mol. The predicted octanol–water partition coefficient (Wildman–Crippen LogP) is 2.40. The van der Waals surface area contributed by atoms with Crippen molar-refractivity contribution in [1.82, 2.24) is 4.98 Å². The van der Waals surface area contributed by atoms with E-state index in [1.54, 1.807) is 6.07 Å². The van der Waals surface area contributed by atoms with Crippen molar-refractivity contribution in [3.8, 4) is 0 Å². The molecule has 5 nitrogen and oxygen atoms in total. The van der Waals surface area contributed by atoms with Crippen molar-refractivity contribution in [3.63, 3.8) is 0 Å². The second-order valence-electron chi connectivity index (χ2n) is 6.10. The number of aromatic nitrogens is 1. The summed E-state index contributed by atoms with van der Waals surface area (Å²) in [5, 5.41) is 11.5. The number of hydrogen-bond donors (Lipinski definition) is 2. The molecule has 0 bridgehead atoms. The second kappa shape index (κ2) is 4.05. The average molecular weight is 262 g/mol. The molecule has 1 aromatic heterocycles. The third kappa shape index (κ3) is 2.09. The van der Waals surface area contributed by atoms with Crippen molar-refractivity contribution >= 4 is 17.6 Å². The summed E-state index contributed by atoms with van der Waals surface area (Å²) in [6, 6.07) is 2.93. The first-order valence-corrected chi connectivity index (χ1v) is 6.18. The van der Waals surface area contributed by atoms with Gasteiger partial charge in [-0.05, 0) is 23.0 Å². The quantitative estimate of drug-likeness (QED) is 0.876. The van der Waals surface area contributed by atoms with Crippen LogP contribution >= 0.6 is 0 Å². The Morgan fingerprint density at radius 1 is 1.21 bits per heavy atom. The Balaban J connectivity index is 2.07. The number of nitrogens with one attached hydrogen (secondary N) is 1. The molecule has 1 aliphatic carbocycles. The SMILES string of the molecule is CC1(C)C(C(=O)Nc2ccc(C(=O)O)nc2)C1(C)C. The fourth-order valence-electron chi connectivity index (χ4n) is 2.66. The van der Waals surface area contributed by atoms with Crippen LogP contribution in [0.25, 0.3) is 0 Å². The molecule has 5 heteroatoms. The predicted molar refractivity (Wildman–Crippen MR) is 70.9 cm³/mol. The summed E-state index contributed by atoms with van der Waals surface area (Å²) in [6.45, 7) is 8.29. The van der Waals surface area contributed by atoms with E-state index in [0.717, 1.165) is 0 Å². The molecule has 0 atom stereocenters. The minimum Gasteiger partial charge on any atom is -0.477 e. The Morgan fingerprint density at radius 2 is 1.79 bits per heavy atom. The molecular weight excluding hydrogens is 244 g/mol. The van der Waals surface area contributed by atoms with Crippen molar-refractivity contribution in [2.45, 2.75) is 27.7 Å². The van der Waals surface area contributed by atoms with Gasteiger partial charge in [0.2, 0.25) is 5.91 Å². The first-order valence-electron chi connectivity index (χ1n) is 6.18. The Hall–Kier alpha value is -1.91. The highest BCUT2D eigenvalue weighted by molar-refractivity contribution is 5.96. The fraction of sp³-hybridized carbons (Fsp3) is 0.500. The van der Waals surface area contributed by atoms with Crippen LogP contribution in [0.15, 0.2) is 18.3 Å². The molecule has 0 aliphatic heterocycles. The number of carbonyl (C=O) groups excluding carboxylic acids is 1. The zero-order chi connectivity index (χ0) is 14.4. The summed E-state index contributed by atoms with van der Waals surface area (Å²) >= 11 is 0. The molecule has 1 amide bonds. The van der Waals surface area contributed by atoms with Gasteiger partial charge in [-0.2, -0.15) is 0 Å². The van der Waals surface area contributed by atoms with Crippen molar-refractivity contribution in [2.75, 3.05) is 5.32 Å². The Kier molecular flexibility index (Phi) is 2.88. The van der Waals surface area contributed by atoms with E-state index in [4.69, 9.17) is 5.11 Å². The fourth-order valence-corrected chi connectivity index (χ4v) is 2.66. The largest absolute Gasteiger partial charge is 0.477 e. The van der Waals surface area contributed by atoms with E-state index >= 15 is 0 Å². The Labute approximate surface area is 112 Å². The molecule has 1 heterocycles. The number of carboxylic acids is 1. The van der Waals surface area contributed by atoms with Crippen LogP contribution in [-0.4, -0.2) is 22.0 Å². The number of carboxylic acid groups (broad SMARTS) is 1. The molecule has 19 heavy (non-hydrogen) atoms. The van der Waals surface area contributed by atoms with E-state index in [1.807, 2.05) is 0 Å². The maximum absolute atomic E-state index is 12.2. The first-order chi connectivity index (χ1) is 8.68. The lowest BCUT2D eigenvalue weighted by atomic mass is 10.0. The van der Waals surface area contributed by atoms with Gasteiger partial charge in [0.15, 0.2) is 0 Å². The van der Waals surface area contributed by atoms with Crippen LogP contribution in [0.1, 0.15) is 38.2 Å². The molecule has 1 aliphatic rings. The number of carbonyl (C=O) groups is 2. The lowest BCUT2D eigenvalue weighted by Crippen LogP contribution is -2.18. The minimum absolute atomic E-state index is 0.0223. The number of pyridine rings is 1. The Bertz CT molecular complexity index is 518. The number of amides is 1. The first kappa shape index (κ1) is 13.5. The van der Waals surface area contributed by atoms with Gasteiger partial charge in [0, 0.05) is 5.92 Å². The van der Waals surface area contributed by atoms with Gasteiger partial charge in [0.25, 0.3) is 0 Å². The van der Waals surface area contributed by atoms with Crippen LogP contribution in [0.3, 0.4) is 0 Å². The van der Waals surface area contributed by atoms with Crippen LogP contribution < -0.4 is 5.32 Å². The van der Waals surface area contributed by atoms with Gasteiger partial charge >= 0.3 is 5.97 Å². The molecule has 0 saturated heterocycles. The zero-order valence-electron chi connectivity index (χ0n) is 11.5. The summed E-state index contributed by atoms with van der Waals surface area (Å²) < 4.78 is 0. The van der Waals surface area contributed by atoms with Gasteiger partial charge < -0.3 is 10.4 Å². The number of anilines is 1. The Morgan fingerprint density at radius 3 is 2.16 bits per heavy atom. The molecular formula is C14H18N2O3. The molecule has 0 unspecified atom stereocenters. The molecule has 0 spiro atoms. The highest BCUT2D eigenvalue weighted by atomic mass is 16.4. The van der Waals surface area contributed by atoms with E-state index in [-0.39, 0.29) is 28.3 Å². The van der Waals surface area contributed by atoms with Gasteiger partial charge in [0.05, 0.1) is 11.9 Å². The van der Waals surface area contributed by atoms with Crippen LogP contribution in [0, 0.1) is 16.7 Å². The number of rotatable bonds is 3. The van der Waals surface area contributed by atoms with E-state index in [9.17, 15) is 9.59 Å². The maximum atomic E-state index is 12.2. The maximum Gasteiger partial charge on any atom is 0.354 e. The van der Waals surface area contributed by atoms with Gasteiger partial charge in [0.1, 0.15) is 5.69 Å². The summed E-state index contributed by atoms with van der Waals surface area (Å²) in [4.78, 5) is 26.6. The molecule has 102 valence electrons. The third-order valence-corrected chi connectivity index (χ3v) is 4.53. The molecule has 1 aromatic rings. The van der Waals surface area contributed by atoms with Crippen molar-refractivity contribution in [1.29, 1.82) is 0 Å². The summed E-state index contributed by atoms with van der Waals surface area (Å²) in [6.07, 6.45) is 1.36. The summed E-state index contributed by atoms with van der Waals surface area (Å²) in [5.74, 6) is -1.17. The zero-order valence-corrected chi connectivity index (χ0v) is 11.5. The van der Waals surface area contributed by atoms with Crippen LogP contribution in [-0.2, 0) is 4.79 Å². The standard InChI is InChI=1S/C14H18N2O3/c1-13(2)10(14(13,3)4)11(17)16-8-5-6-9(12(18)19)15-7-8/h5-7,10H,1-4H3,(H,16,17)(H,18,19). The second-order valence-corrected chi connectivity index (χ2v) is 6.10. The molecule has 1 fully saturated rings. The van der Waals surface area contributed by atoms with Crippen molar-refractivity contribution in [3.05, 3.63) is 24.0 Å². The van der Waals surface area contributed by atoms with Gasteiger partial charge in [-0.1, -0.05) is 27.7 Å². The average Bonchev–Trinajstić information content (AvgIpc) is 2.69. The highest BCUT2D eigenvalue weighted by Gasteiger charge is 2.68. The van der Waals surface area contributed by atoms with Crippen LogP contribution in [0.5, 0.6) is 0 Å². The van der Waals surface area contributed by atoms with Crippen molar-refractivity contribution < 1.29 is 14.7 Å². The van der Waals surface area contributed by atoms with E-state index < -0.39 is 5.97 Å². The van der Waals surface area contributed by atoms with Gasteiger partial charge in [-0.25, -0.2) is 9.78 Å². The van der Waals surface area contributed by atoms with E-state index in [1.165, 1.54) is 12.3 Å². The van der Waals surface area contributed by atoms with Crippen molar-refractivity contribution in [2.24, 2.45) is 16.7 Å². The minimum atomic E-state index is -1.08. The van der Waals surface area contributed by atoms with E-state index in [0.29, 0.717) is 5.69 Å². The molecule has 2 N–H and O–H groups in total. The van der Waals surface area contributed by atoms with Crippen LogP contribution in [0.2, 0.25) is 0 Å². The van der Waals surface area contributed by atoms with E-state index in [2.05, 4.69) is 38.0 Å². The molecule has 1 saturated carbocycles. The third-order valence-electron chi connectivity index (χ3n) is 4.53. The highest BCUT2D eigenvalue weighted by Crippen LogP contribution is 2.68. The summed E-state index contributed by atoms with van der Waals surface area (Å²) in [7, 11) is 0. The number of aromatic carboxylic acids is 1. The molecule has 0 aromatic carbocycles. The number of nitrogens with zero attached hydrogens (tertiary/aromatic N) is 1. The summed E-state index contributed by atoms with van der Waals surface area (Å²) in [5.41, 5.74) is 0.440. The lowest BCUT2D eigenvalue weighted by molar-refractivity contribution is -0.118. The van der Waals surface area contributed by atoms with Gasteiger partial charge in [-0.3, -0.25) is 4.79 Å². The van der Waals surface area contributed by atoms with Crippen LogP contribution in [0.4, 0.5) is 5.69 Å². The molecule has 2 rings (SSSR count). The molecule has 0 radical (unpaired) electrons. The lowest BCUT2D eigenvalue weighted by Gasteiger charge is -2.06. The van der Waals surface area contributed by atoms with Gasteiger partial charge in [-0.15, -0.1) is 0 Å². The smallest absolute Gasteiger partial charge is 0.354 e. The number of hydrogen-bond acceptors (Lipinski definition) is 3. The topological polar surface area (TPSA) is 79.3 Å².